The van der Waals surface area contributed by atoms with Gasteiger partial charge in [-0.1, -0.05) is 0 Å². The molecule has 1 N–H and O–H groups in total. The van der Waals surface area contributed by atoms with Gasteiger partial charge in [-0.25, -0.2) is 0 Å². The van der Waals surface area contributed by atoms with Crippen molar-refractivity contribution in [2.75, 3.05) is 27.4 Å². The van der Waals surface area contributed by atoms with Crippen LogP contribution in [0.3, 0.4) is 0 Å². The summed E-state index contributed by atoms with van der Waals surface area (Å²) >= 11 is 0. The Morgan fingerprint density at radius 3 is 2.14 bits per heavy atom. The fraction of sp³-hybridized carbons (Fsp3) is 1.00. The van der Waals surface area contributed by atoms with Crippen molar-refractivity contribution < 1.29 is 23.4 Å². The van der Waals surface area contributed by atoms with E-state index in [1.54, 1.807) is 13.8 Å². The SMILES string of the molecule is COP(OC)OCCCOC(C)(C)O. The molecule has 5 nitrogen and oxygen atoms in total. The largest absolute Gasteiger partial charge is 0.366 e. The lowest BCUT2D eigenvalue weighted by molar-refractivity contribution is -0.176. The molecule has 0 saturated carbocycles. The van der Waals surface area contributed by atoms with E-state index in [0.717, 1.165) is 0 Å². The maximum atomic E-state index is 9.21. The van der Waals surface area contributed by atoms with Crippen LogP contribution in [0.2, 0.25) is 0 Å². The van der Waals surface area contributed by atoms with Gasteiger partial charge in [-0.3, -0.25) is 0 Å². The van der Waals surface area contributed by atoms with Crippen molar-refractivity contribution in [3.05, 3.63) is 0 Å². The summed E-state index contributed by atoms with van der Waals surface area (Å²) in [7, 11) is 1.84. The van der Waals surface area contributed by atoms with Gasteiger partial charge in [0, 0.05) is 14.2 Å². The molecule has 6 heteroatoms. The molecule has 0 unspecified atom stereocenters. The van der Waals surface area contributed by atoms with E-state index < -0.39 is 14.4 Å². The third kappa shape index (κ3) is 8.81. The van der Waals surface area contributed by atoms with Gasteiger partial charge in [-0.15, -0.1) is 0 Å². The lowest BCUT2D eigenvalue weighted by Crippen LogP contribution is -2.24. The van der Waals surface area contributed by atoms with E-state index >= 15 is 0 Å². The highest BCUT2D eigenvalue weighted by molar-refractivity contribution is 7.41. The summed E-state index contributed by atoms with van der Waals surface area (Å²) in [5, 5.41) is 9.21. The van der Waals surface area contributed by atoms with Crippen molar-refractivity contribution in [3.63, 3.8) is 0 Å². The quantitative estimate of drug-likeness (QED) is 0.387. The van der Waals surface area contributed by atoms with E-state index in [9.17, 15) is 5.11 Å². The molecule has 0 spiro atoms. The highest BCUT2D eigenvalue weighted by Crippen LogP contribution is 2.36. The summed E-state index contributed by atoms with van der Waals surface area (Å²) in [5.74, 6) is -1.08. The number of rotatable bonds is 8. The number of aliphatic hydroxyl groups is 1. The van der Waals surface area contributed by atoms with Crippen LogP contribution in [0, 0.1) is 0 Å². The monoisotopic (exact) mass is 226 g/mol. The van der Waals surface area contributed by atoms with Gasteiger partial charge in [-0.2, -0.15) is 0 Å². The minimum atomic E-state index is -1.22. The van der Waals surface area contributed by atoms with Crippen molar-refractivity contribution >= 4 is 8.60 Å². The molecular formula is C8H19O5P. The fourth-order valence-electron chi connectivity index (χ4n) is 0.700. The molecule has 0 aromatic rings. The van der Waals surface area contributed by atoms with Crippen LogP contribution < -0.4 is 0 Å². The molecule has 0 bridgehead atoms. The predicted molar refractivity (Wildman–Crippen MR) is 53.8 cm³/mol. The average molecular weight is 226 g/mol. The van der Waals surface area contributed by atoms with E-state index in [1.165, 1.54) is 14.2 Å². The van der Waals surface area contributed by atoms with E-state index in [4.69, 9.17) is 18.3 Å². The minimum absolute atomic E-state index is 0.445. The van der Waals surface area contributed by atoms with Crippen LogP contribution in [0.1, 0.15) is 20.3 Å². The van der Waals surface area contributed by atoms with Crippen LogP contribution in [0.15, 0.2) is 0 Å². The predicted octanol–water partition coefficient (Wildman–Crippen LogP) is 1.66. The van der Waals surface area contributed by atoms with Gasteiger partial charge in [0.05, 0.1) is 13.2 Å². The highest BCUT2D eigenvalue weighted by atomic mass is 31.2. The Morgan fingerprint density at radius 2 is 1.71 bits per heavy atom. The van der Waals surface area contributed by atoms with Crippen molar-refractivity contribution in [2.24, 2.45) is 0 Å². The van der Waals surface area contributed by atoms with E-state index in [2.05, 4.69) is 0 Å². The van der Waals surface area contributed by atoms with Crippen molar-refractivity contribution in [2.45, 2.75) is 26.1 Å². The molecule has 0 heterocycles. The summed E-state index contributed by atoms with van der Waals surface area (Å²) in [6.45, 7) is 4.11. The molecule has 0 fully saturated rings. The molecule has 0 saturated heterocycles. The first-order chi connectivity index (χ1) is 6.49. The maximum Gasteiger partial charge on any atom is 0.332 e. The van der Waals surface area contributed by atoms with E-state index in [-0.39, 0.29) is 0 Å². The zero-order chi connectivity index (χ0) is 11.0. The average Bonchev–Trinajstić information content (AvgIpc) is 2.09. The van der Waals surface area contributed by atoms with Crippen molar-refractivity contribution in [1.29, 1.82) is 0 Å². The topological polar surface area (TPSA) is 57.2 Å². The lowest BCUT2D eigenvalue weighted by Gasteiger charge is -2.18. The molecule has 0 aliphatic heterocycles. The second kappa shape index (κ2) is 7.51. The summed E-state index contributed by atoms with van der Waals surface area (Å²) in [4.78, 5) is 0. The highest BCUT2D eigenvalue weighted by Gasteiger charge is 2.12. The van der Waals surface area contributed by atoms with Crippen LogP contribution in [-0.2, 0) is 18.3 Å². The second-order valence-electron chi connectivity index (χ2n) is 3.07. The summed E-state index contributed by atoms with van der Waals surface area (Å²) in [6, 6.07) is 0. The maximum absolute atomic E-state index is 9.21. The number of ether oxygens (including phenoxy) is 1. The van der Waals surface area contributed by atoms with Gasteiger partial charge in [0.15, 0.2) is 5.79 Å². The molecule has 0 aliphatic carbocycles. The Kier molecular flexibility index (Phi) is 7.64. The molecule has 0 aliphatic rings. The number of hydrogen-bond donors (Lipinski definition) is 1. The smallest absolute Gasteiger partial charge is 0.332 e. The van der Waals surface area contributed by atoms with Gasteiger partial charge in [0.2, 0.25) is 0 Å². The Labute approximate surface area is 86.3 Å². The van der Waals surface area contributed by atoms with Gasteiger partial charge in [0.1, 0.15) is 0 Å². The van der Waals surface area contributed by atoms with E-state index in [0.29, 0.717) is 19.6 Å². The normalized spacial score (nSPS) is 12.4. The zero-order valence-corrected chi connectivity index (χ0v) is 10.0. The first kappa shape index (κ1) is 14.2. The molecule has 0 atom stereocenters. The summed E-state index contributed by atoms with van der Waals surface area (Å²) in [5.41, 5.74) is 0. The zero-order valence-electron chi connectivity index (χ0n) is 9.15. The Morgan fingerprint density at radius 1 is 1.14 bits per heavy atom. The molecule has 0 radical (unpaired) electrons. The molecule has 0 aromatic heterocycles. The second-order valence-corrected chi connectivity index (χ2v) is 4.51. The standard InChI is InChI=1S/C8H19O5P/c1-8(2,9)12-6-5-7-13-14(10-3)11-4/h9H,5-7H2,1-4H3. The van der Waals surface area contributed by atoms with Crippen LogP contribution in [0.4, 0.5) is 0 Å². The van der Waals surface area contributed by atoms with Gasteiger partial charge >= 0.3 is 8.60 Å². The molecule has 0 rings (SSSR count). The molecule has 86 valence electrons. The van der Waals surface area contributed by atoms with Crippen molar-refractivity contribution in [1.82, 2.24) is 0 Å². The van der Waals surface area contributed by atoms with Gasteiger partial charge < -0.3 is 23.4 Å². The molecule has 0 aromatic carbocycles. The van der Waals surface area contributed by atoms with Gasteiger partial charge in [-0.05, 0) is 20.3 Å². The molecular weight excluding hydrogens is 207 g/mol. The minimum Gasteiger partial charge on any atom is -0.366 e. The van der Waals surface area contributed by atoms with Crippen LogP contribution in [-0.4, -0.2) is 38.3 Å². The Balaban J connectivity index is 3.29. The van der Waals surface area contributed by atoms with Crippen LogP contribution in [0.5, 0.6) is 0 Å². The first-order valence-corrected chi connectivity index (χ1v) is 5.46. The Bertz CT molecular complexity index is 132. The number of hydrogen-bond acceptors (Lipinski definition) is 5. The lowest BCUT2D eigenvalue weighted by atomic mass is 10.4. The summed E-state index contributed by atoms with van der Waals surface area (Å²) < 4.78 is 20.0. The van der Waals surface area contributed by atoms with Crippen LogP contribution in [0.25, 0.3) is 0 Å². The fourth-order valence-corrected chi connectivity index (χ4v) is 1.34. The Hall–Kier alpha value is 0.230. The van der Waals surface area contributed by atoms with Crippen molar-refractivity contribution in [3.8, 4) is 0 Å². The van der Waals surface area contributed by atoms with Gasteiger partial charge in [0.25, 0.3) is 0 Å². The third-order valence-corrected chi connectivity index (χ3v) is 2.23. The third-order valence-electron chi connectivity index (χ3n) is 1.24. The first-order valence-electron chi connectivity index (χ1n) is 4.37. The molecule has 14 heavy (non-hydrogen) atoms. The summed E-state index contributed by atoms with van der Waals surface area (Å²) in [6.07, 6.45) is 0.690. The van der Waals surface area contributed by atoms with Crippen LogP contribution >= 0.6 is 8.60 Å². The van der Waals surface area contributed by atoms with E-state index in [1.807, 2.05) is 0 Å². The molecule has 0 amide bonds.